The number of carbonyl (C=O) groups is 1. The number of ether oxygens (including phenoxy) is 1. The number of carbonyl (C=O) groups excluding carboxylic acids is 1. The van der Waals surface area contributed by atoms with Crippen LogP contribution in [0.15, 0.2) is 69.9 Å². The van der Waals surface area contributed by atoms with E-state index in [0.29, 0.717) is 33.5 Å². The van der Waals surface area contributed by atoms with Crippen molar-refractivity contribution in [2.24, 2.45) is 0 Å². The number of phenolic OH excluding ortho intramolecular Hbond substituents is 1. The second-order valence-electron chi connectivity index (χ2n) is 7.08. The van der Waals surface area contributed by atoms with Crippen molar-refractivity contribution in [2.45, 2.75) is 6.92 Å². The third kappa shape index (κ3) is 5.01. The summed E-state index contributed by atoms with van der Waals surface area (Å²) < 4.78 is 8.26. The predicted molar refractivity (Wildman–Crippen MR) is 141 cm³/mol. The van der Waals surface area contributed by atoms with E-state index >= 15 is 0 Å². The summed E-state index contributed by atoms with van der Waals surface area (Å²) in [5, 5.41) is 10.7. The molecule has 4 rings (SSSR count). The average Bonchev–Trinajstić information content (AvgIpc) is 2.80. The molecular formula is C25H18BrIN2O4. The van der Waals surface area contributed by atoms with Crippen LogP contribution in [0.5, 0.6) is 5.75 Å². The molecule has 166 valence electrons. The van der Waals surface area contributed by atoms with Crippen LogP contribution in [0.25, 0.3) is 28.7 Å². The molecule has 0 radical (unpaired) electrons. The number of phenols is 1. The summed E-state index contributed by atoms with van der Waals surface area (Å²) in [7, 11) is 0. The fourth-order valence-electron chi connectivity index (χ4n) is 3.32. The zero-order valence-electron chi connectivity index (χ0n) is 17.5. The third-order valence-electron chi connectivity index (χ3n) is 4.89. The minimum Gasteiger partial charge on any atom is -0.507 e. The molecule has 0 amide bonds. The number of benzene rings is 3. The first-order chi connectivity index (χ1) is 15.9. The molecule has 3 aromatic carbocycles. The Labute approximate surface area is 211 Å². The molecule has 0 aliphatic rings. The molecule has 1 aromatic heterocycles. The Morgan fingerprint density at radius 2 is 1.88 bits per heavy atom. The van der Waals surface area contributed by atoms with Gasteiger partial charge >= 0.3 is 5.97 Å². The highest BCUT2D eigenvalue weighted by Crippen LogP contribution is 2.24. The van der Waals surface area contributed by atoms with Crippen molar-refractivity contribution in [3.05, 3.63) is 96.0 Å². The van der Waals surface area contributed by atoms with Gasteiger partial charge in [-0.3, -0.25) is 9.36 Å². The van der Waals surface area contributed by atoms with Gasteiger partial charge in [0, 0.05) is 13.6 Å². The van der Waals surface area contributed by atoms with Crippen molar-refractivity contribution in [3.63, 3.8) is 0 Å². The quantitative estimate of drug-likeness (QED) is 0.226. The molecular weight excluding hydrogens is 599 g/mol. The molecule has 0 saturated heterocycles. The van der Waals surface area contributed by atoms with Gasteiger partial charge in [-0.25, -0.2) is 9.78 Å². The van der Waals surface area contributed by atoms with Crippen LogP contribution in [0.1, 0.15) is 28.7 Å². The van der Waals surface area contributed by atoms with E-state index in [1.807, 2.05) is 6.07 Å². The molecule has 0 saturated carbocycles. The summed E-state index contributed by atoms with van der Waals surface area (Å²) in [6.45, 7) is 2.03. The van der Waals surface area contributed by atoms with Gasteiger partial charge in [-0.15, -0.1) is 0 Å². The summed E-state index contributed by atoms with van der Waals surface area (Å²) in [5.74, 6) is 0.0716. The summed E-state index contributed by atoms with van der Waals surface area (Å²) in [5.41, 5.74) is 1.86. The lowest BCUT2D eigenvalue weighted by atomic mass is 10.1. The Morgan fingerprint density at radius 3 is 2.61 bits per heavy atom. The molecule has 0 unspecified atom stereocenters. The summed E-state index contributed by atoms with van der Waals surface area (Å²) >= 11 is 5.56. The van der Waals surface area contributed by atoms with Crippen molar-refractivity contribution in [1.82, 2.24) is 9.55 Å². The molecule has 33 heavy (non-hydrogen) atoms. The van der Waals surface area contributed by atoms with E-state index < -0.39 is 5.97 Å². The van der Waals surface area contributed by atoms with E-state index in [1.54, 1.807) is 73.7 Å². The van der Waals surface area contributed by atoms with E-state index in [4.69, 9.17) is 9.72 Å². The molecule has 0 fully saturated rings. The van der Waals surface area contributed by atoms with E-state index in [2.05, 4.69) is 38.5 Å². The fourth-order valence-corrected chi connectivity index (χ4v) is 4.19. The third-order valence-corrected chi connectivity index (χ3v) is 6.06. The minimum absolute atomic E-state index is 0.109. The van der Waals surface area contributed by atoms with Gasteiger partial charge in [0.15, 0.2) is 0 Å². The van der Waals surface area contributed by atoms with Crippen LogP contribution in [-0.4, -0.2) is 27.2 Å². The fraction of sp³-hybridized carbons (Fsp3) is 0.0800. The van der Waals surface area contributed by atoms with Crippen molar-refractivity contribution < 1.29 is 14.6 Å². The van der Waals surface area contributed by atoms with Crippen molar-refractivity contribution in [1.29, 1.82) is 0 Å². The van der Waals surface area contributed by atoms with Gasteiger partial charge in [0.1, 0.15) is 11.6 Å². The maximum atomic E-state index is 13.5. The standard InChI is InChI=1S/C25H18BrIN2O4/c1-2-33-25(32)15-3-8-19(9-4-15)29-23(12-5-16-13-17(26)6-11-22(16)30)28-21-10-7-18(27)14-20(21)24(29)31/h3-14,30H,2H2,1H3. The van der Waals surface area contributed by atoms with Gasteiger partial charge in [0.05, 0.1) is 28.8 Å². The van der Waals surface area contributed by atoms with Crippen LogP contribution in [0, 0.1) is 3.57 Å². The summed E-state index contributed by atoms with van der Waals surface area (Å²) in [6.07, 6.45) is 3.38. The highest BCUT2D eigenvalue weighted by Gasteiger charge is 2.13. The Balaban J connectivity index is 1.89. The second kappa shape index (κ2) is 9.88. The smallest absolute Gasteiger partial charge is 0.338 e. The van der Waals surface area contributed by atoms with Gasteiger partial charge in [-0.1, -0.05) is 15.9 Å². The van der Waals surface area contributed by atoms with E-state index in [1.165, 1.54) is 4.57 Å². The Hall–Kier alpha value is -2.98. The van der Waals surface area contributed by atoms with Gasteiger partial charge in [-0.2, -0.15) is 0 Å². The SMILES string of the molecule is CCOC(=O)c1ccc(-n2c(C=Cc3cc(Br)ccc3O)nc3ccc(I)cc3c2=O)cc1. The van der Waals surface area contributed by atoms with E-state index in [-0.39, 0.29) is 17.9 Å². The zero-order chi connectivity index (χ0) is 23.5. The van der Waals surface area contributed by atoms with Crippen LogP contribution in [0.3, 0.4) is 0 Å². The summed E-state index contributed by atoms with van der Waals surface area (Å²) in [6, 6.07) is 17.2. The van der Waals surface area contributed by atoms with Crippen molar-refractivity contribution >= 4 is 67.5 Å². The zero-order valence-corrected chi connectivity index (χ0v) is 21.2. The second-order valence-corrected chi connectivity index (χ2v) is 9.24. The molecule has 0 atom stereocenters. The molecule has 0 bridgehead atoms. The predicted octanol–water partition coefficient (Wildman–Crippen LogP) is 5.81. The van der Waals surface area contributed by atoms with Gasteiger partial charge in [-0.05, 0) is 102 Å². The van der Waals surface area contributed by atoms with Crippen LogP contribution >= 0.6 is 38.5 Å². The van der Waals surface area contributed by atoms with Gasteiger partial charge < -0.3 is 9.84 Å². The Kier molecular flexibility index (Phi) is 6.94. The number of esters is 1. The topological polar surface area (TPSA) is 81.4 Å². The molecule has 0 spiro atoms. The number of hydrogen-bond donors (Lipinski definition) is 1. The van der Waals surface area contributed by atoms with Gasteiger partial charge in [0.25, 0.3) is 5.56 Å². The molecule has 0 aliphatic carbocycles. The first-order valence-electron chi connectivity index (χ1n) is 10.0. The minimum atomic E-state index is -0.423. The number of aromatic nitrogens is 2. The monoisotopic (exact) mass is 616 g/mol. The molecule has 6 nitrogen and oxygen atoms in total. The van der Waals surface area contributed by atoms with Crippen LogP contribution in [-0.2, 0) is 4.74 Å². The average molecular weight is 617 g/mol. The van der Waals surface area contributed by atoms with Crippen molar-refractivity contribution in [3.8, 4) is 11.4 Å². The lowest BCUT2D eigenvalue weighted by Gasteiger charge is -2.12. The lowest BCUT2D eigenvalue weighted by Crippen LogP contribution is -2.22. The highest BCUT2D eigenvalue weighted by molar-refractivity contribution is 14.1. The number of nitrogens with zero attached hydrogens (tertiary/aromatic N) is 2. The largest absolute Gasteiger partial charge is 0.507 e. The first-order valence-corrected chi connectivity index (χ1v) is 11.9. The number of halogens is 2. The Bertz CT molecular complexity index is 1450. The molecule has 0 aliphatic heterocycles. The Morgan fingerprint density at radius 1 is 1.12 bits per heavy atom. The normalized spacial score (nSPS) is 11.2. The highest BCUT2D eigenvalue weighted by atomic mass is 127. The molecule has 8 heteroatoms. The molecule has 1 N–H and O–H groups in total. The number of aromatic hydroxyl groups is 1. The number of rotatable bonds is 5. The summed E-state index contributed by atoms with van der Waals surface area (Å²) in [4.78, 5) is 30.2. The van der Waals surface area contributed by atoms with Crippen LogP contribution < -0.4 is 5.56 Å². The number of hydrogen-bond acceptors (Lipinski definition) is 5. The molecule has 1 heterocycles. The van der Waals surface area contributed by atoms with E-state index in [9.17, 15) is 14.7 Å². The first kappa shape index (κ1) is 23.2. The van der Waals surface area contributed by atoms with Crippen molar-refractivity contribution in [2.75, 3.05) is 6.61 Å². The van der Waals surface area contributed by atoms with Crippen LogP contribution in [0.4, 0.5) is 0 Å². The maximum Gasteiger partial charge on any atom is 0.338 e. The maximum absolute atomic E-state index is 13.5. The van der Waals surface area contributed by atoms with Crippen LogP contribution in [0.2, 0.25) is 0 Å². The number of fused-ring (bicyclic) bond motifs is 1. The van der Waals surface area contributed by atoms with Gasteiger partial charge in [0.2, 0.25) is 0 Å². The molecule has 4 aromatic rings. The van der Waals surface area contributed by atoms with E-state index in [0.717, 1.165) is 8.04 Å². The lowest BCUT2D eigenvalue weighted by molar-refractivity contribution is 0.0526.